The maximum atomic E-state index is 9.37. The van der Waals surface area contributed by atoms with E-state index < -0.39 is 11.9 Å². The molecule has 1 heterocycles. The van der Waals surface area contributed by atoms with Crippen LogP contribution in [0.2, 0.25) is 0 Å². The van der Waals surface area contributed by atoms with E-state index in [-0.39, 0.29) is 0 Å². The van der Waals surface area contributed by atoms with E-state index in [4.69, 9.17) is 15.9 Å². The number of ether oxygens (including phenoxy) is 2. The molecule has 0 bridgehead atoms. The molecule has 1 atom stereocenters. The van der Waals surface area contributed by atoms with Gasteiger partial charge in [0.25, 0.3) is 0 Å². The fourth-order valence-corrected chi connectivity index (χ4v) is 2.38. The average Bonchev–Trinajstić information content (AvgIpc) is 2.77. The minimum absolute atomic E-state index is 0.493. The molecule has 0 amide bonds. The van der Waals surface area contributed by atoms with E-state index in [0.29, 0.717) is 19.6 Å². The van der Waals surface area contributed by atoms with Crippen molar-refractivity contribution in [1.82, 2.24) is 0 Å². The Morgan fingerprint density at radius 3 is 2.94 bits per heavy atom. The zero-order valence-corrected chi connectivity index (χ0v) is 9.45. The second-order valence-electron chi connectivity index (χ2n) is 4.29. The summed E-state index contributed by atoms with van der Waals surface area (Å²) in [5, 5.41) is 9.37. The van der Waals surface area contributed by atoms with Gasteiger partial charge in [0, 0.05) is 6.42 Å². The molecule has 0 aromatic carbocycles. The lowest BCUT2D eigenvalue weighted by Gasteiger charge is -2.33. The molecule has 88 valence electrons. The highest BCUT2D eigenvalue weighted by atomic mass is 16.7. The topological polar surface area (TPSA) is 38.7 Å². The molecule has 3 nitrogen and oxygen atoms in total. The van der Waals surface area contributed by atoms with Crippen LogP contribution in [0.25, 0.3) is 0 Å². The summed E-state index contributed by atoms with van der Waals surface area (Å²) in [5.74, 6) is 1.84. The molecule has 1 unspecified atom stereocenters. The van der Waals surface area contributed by atoms with Crippen LogP contribution in [0.4, 0.5) is 0 Å². The van der Waals surface area contributed by atoms with Gasteiger partial charge in [-0.2, -0.15) is 0 Å². The molecule has 1 aliphatic heterocycles. The predicted octanol–water partition coefficient (Wildman–Crippen LogP) is 1.61. The highest BCUT2D eigenvalue weighted by molar-refractivity contribution is 5.18. The Bertz CT molecular complexity index is 308. The molecule has 1 aliphatic carbocycles. The third kappa shape index (κ3) is 2.30. The van der Waals surface area contributed by atoms with Crippen molar-refractivity contribution in [2.24, 2.45) is 0 Å². The molecule has 16 heavy (non-hydrogen) atoms. The Labute approximate surface area is 96.4 Å². The molecule has 0 aromatic heterocycles. The monoisotopic (exact) mass is 222 g/mol. The second-order valence-corrected chi connectivity index (χ2v) is 4.29. The summed E-state index contributed by atoms with van der Waals surface area (Å²) >= 11 is 0. The van der Waals surface area contributed by atoms with Crippen molar-refractivity contribution < 1.29 is 14.6 Å². The van der Waals surface area contributed by atoms with Crippen LogP contribution in [-0.2, 0) is 9.47 Å². The maximum absolute atomic E-state index is 9.37. The van der Waals surface area contributed by atoms with Crippen molar-refractivity contribution in [2.45, 2.75) is 44.0 Å². The van der Waals surface area contributed by atoms with Crippen molar-refractivity contribution >= 4 is 0 Å². The van der Waals surface area contributed by atoms with Gasteiger partial charge in [-0.1, -0.05) is 12.0 Å². The average molecular weight is 222 g/mol. The molecule has 0 radical (unpaired) electrons. The molecular weight excluding hydrogens is 204 g/mol. The van der Waals surface area contributed by atoms with Crippen molar-refractivity contribution in [3.63, 3.8) is 0 Å². The van der Waals surface area contributed by atoms with Crippen LogP contribution in [0, 0.1) is 12.3 Å². The fraction of sp³-hybridized carbons (Fsp3) is 0.692. The van der Waals surface area contributed by atoms with Crippen LogP contribution in [0.3, 0.4) is 0 Å². The second kappa shape index (κ2) is 5.01. The molecule has 1 saturated heterocycles. The van der Waals surface area contributed by atoms with E-state index in [0.717, 1.165) is 31.3 Å². The standard InChI is InChI=1S/C13H18O3/c1-2-12(14)7-6-11-5-3-4-8-13(11)15-9-10-16-13/h1,5,12,14H,3-4,6-10H2. The third-order valence-electron chi connectivity index (χ3n) is 3.22. The zero-order chi connectivity index (χ0) is 11.4. The zero-order valence-electron chi connectivity index (χ0n) is 9.45. The van der Waals surface area contributed by atoms with Crippen molar-refractivity contribution in [1.29, 1.82) is 0 Å². The quantitative estimate of drug-likeness (QED) is 0.582. The molecule has 3 heteroatoms. The molecule has 1 fully saturated rings. The van der Waals surface area contributed by atoms with Gasteiger partial charge in [-0.3, -0.25) is 0 Å². The van der Waals surface area contributed by atoms with Gasteiger partial charge >= 0.3 is 0 Å². The van der Waals surface area contributed by atoms with Crippen LogP contribution in [0.5, 0.6) is 0 Å². The smallest absolute Gasteiger partial charge is 0.190 e. The Kier molecular flexibility index (Phi) is 3.65. The molecule has 0 saturated carbocycles. The lowest BCUT2D eigenvalue weighted by molar-refractivity contribution is -0.137. The minimum Gasteiger partial charge on any atom is -0.380 e. The highest BCUT2D eigenvalue weighted by Gasteiger charge is 2.40. The SMILES string of the molecule is C#CC(O)CCC1=CCCCC12OCCO2. The number of rotatable bonds is 3. The third-order valence-corrected chi connectivity index (χ3v) is 3.22. The van der Waals surface area contributed by atoms with Crippen LogP contribution in [0.1, 0.15) is 32.1 Å². The first-order valence-electron chi connectivity index (χ1n) is 5.88. The summed E-state index contributed by atoms with van der Waals surface area (Å²) in [6.07, 6.45) is 11.1. The predicted molar refractivity (Wildman–Crippen MR) is 60.6 cm³/mol. The summed E-state index contributed by atoms with van der Waals surface area (Å²) in [5.41, 5.74) is 1.16. The summed E-state index contributed by atoms with van der Waals surface area (Å²) < 4.78 is 11.5. The highest BCUT2D eigenvalue weighted by Crippen LogP contribution is 2.39. The Morgan fingerprint density at radius 2 is 2.25 bits per heavy atom. The van der Waals surface area contributed by atoms with E-state index in [1.165, 1.54) is 0 Å². The van der Waals surface area contributed by atoms with E-state index in [9.17, 15) is 5.11 Å². The van der Waals surface area contributed by atoms with Gasteiger partial charge < -0.3 is 14.6 Å². The Hall–Kier alpha value is -0.820. The first-order valence-corrected chi connectivity index (χ1v) is 5.88. The maximum Gasteiger partial charge on any atom is 0.190 e. The lowest BCUT2D eigenvalue weighted by Crippen LogP contribution is -2.35. The molecule has 1 N–H and O–H groups in total. The van der Waals surface area contributed by atoms with E-state index in [1.54, 1.807) is 0 Å². The lowest BCUT2D eigenvalue weighted by atomic mass is 9.89. The summed E-state index contributed by atoms with van der Waals surface area (Å²) in [6, 6.07) is 0. The summed E-state index contributed by atoms with van der Waals surface area (Å²) in [4.78, 5) is 0. The summed E-state index contributed by atoms with van der Waals surface area (Å²) in [6.45, 7) is 1.32. The minimum atomic E-state index is -0.665. The van der Waals surface area contributed by atoms with Crippen molar-refractivity contribution in [3.8, 4) is 12.3 Å². The van der Waals surface area contributed by atoms with Gasteiger partial charge in [0.2, 0.25) is 0 Å². The summed E-state index contributed by atoms with van der Waals surface area (Å²) in [7, 11) is 0. The number of aliphatic hydroxyl groups is 1. The number of allylic oxidation sites excluding steroid dienone is 1. The van der Waals surface area contributed by atoms with E-state index in [2.05, 4.69) is 12.0 Å². The number of hydrogen-bond donors (Lipinski definition) is 1. The molecular formula is C13H18O3. The van der Waals surface area contributed by atoms with Crippen LogP contribution < -0.4 is 0 Å². The first kappa shape index (κ1) is 11.7. The first-order chi connectivity index (χ1) is 7.77. The van der Waals surface area contributed by atoms with Gasteiger partial charge in [0.15, 0.2) is 5.79 Å². The molecule has 0 aromatic rings. The number of hydrogen-bond acceptors (Lipinski definition) is 3. The van der Waals surface area contributed by atoms with Gasteiger partial charge in [-0.25, -0.2) is 0 Å². The van der Waals surface area contributed by atoms with Crippen LogP contribution in [0.15, 0.2) is 11.6 Å². The molecule has 2 rings (SSSR count). The van der Waals surface area contributed by atoms with E-state index >= 15 is 0 Å². The van der Waals surface area contributed by atoms with Crippen LogP contribution in [-0.4, -0.2) is 30.2 Å². The van der Waals surface area contributed by atoms with Gasteiger partial charge in [0.05, 0.1) is 13.2 Å². The van der Waals surface area contributed by atoms with Crippen molar-refractivity contribution in [3.05, 3.63) is 11.6 Å². The van der Waals surface area contributed by atoms with Crippen molar-refractivity contribution in [2.75, 3.05) is 13.2 Å². The molecule has 1 spiro atoms. The van der Waals surface area contributed by atoms with Crippen LogP contribution >= 0.6 is 0 Å². The van der Waals surface area contributed by atoms with Gasteiger partial charge in [-0.05, 0) is 31.3 Å². The largest absolute Gasteiger partial charge is 0.380 e. The molecule has 2 aliphatic rings. The van der Waals surface area contributed by atoms with E-state index in [1.807, 2.05) is 0 Å². The van der Waals surface area contributed by atoms with Gasteiger partial charge in [-0.15, -0.1) is 6.42 Å². The number of terminal acetylenes is 1. The number of aliphatic hydroxyl groups excluding tert-OH is 1. The Morgan fingerprint density at radius 1 is 1.50 bits per heavy atom. The van der Waals surface area contributed by atoms with Gasteiger partial charge in [0.1, 0.15) is 6.10 Å². The normalized spacial score (nSPS) is 25.1. The Balaban J connectivity index is 2.00. The fourth-order valence-electron chi connectivity index (χ4n) is 2.38.